The van der Waals surface area contributed by atoms with Crippen LogP contribution in [0.4, 0.5) is 13.2 Å². The predicted octanol–water partition coefficient (Wildman–Crippen LogP) is 2.62. The number of hydrogen-bond acceptors (Lipinski definition) is 3. The van der Waals surface area contributed by atoms with Crippen LogP contribution >= 0.6 is 0 Å². The molecule has 0 aliphatic carbocycles. The number of rotatable bonds is 1. The number of para-hydroxylation sites is 1. The number of nitrogens with zero attached hydrogens (tertiary/aromatic N) is 2. The van der Waals surface area contributed by atoms with Crippen LogP contribution in [0.25, 0.3) is 0 Å². The zero-order valence-corrected chi connectivity index (χ0v) is 6.32. The van der Waals surface area contributed by atoms with Gasteiger partial charge in [-0.2, -0.15) is 0 Å². The highest BCUT2D eigenvalue weighted by Gasteiger charge is 2.30. The molecule has 3 nitrogen and oxygen atoms in total. The molecule has 0 atom stereocenters. The van der Waals surface area contributed by atoms with E-state index < -0.39 is 6.36 Å². The lowest BCUT2D eigenvalue weighted by Crippen LogP contribution is -2.16. The van der Waals surface area contributed by atoms with Gasteiger partial charge in [-0.3, -0.25) is 0 Å². The summed E-state index contributed by atoms with van der Waals surface area (Å²) >= 11 is 0. The lowest BCUT2D eigenvalue weighted by molar-refractivity contribution is -0.274. The Kier molecular flexibility index (Phi) is 4.30. The second-order valence-electron chi connectivity index (χ2n) is 1.86. The summed E-state index contributed by atoms with van der Waals surface area (Å²) in [4.78, 5) is 0. The zero-order valence-electron chi connectivity index (χ0n) is 6.32. The van der Waals surface area contributed by atoms with Crippen molar-refractivity contribution in [3.8, 4) is 5.75 Å². The molecule has 0 unspecified atom stereocenters. The van der Waals surface area contributed by atoms with E-state index in [1.165, 1.54) is 24.3 Å². The summed E-state index contributed by atoms with van der Waals surface area (Å²) in [7, 11) is 0. The average Bonchev–Trinajstić information content (AvgIpc) is 2.07. The van der Waals surface area contributed by atoms with Gasteiger partial charge in [0.25, 0.3) is 0 Å². The van der Waals surface area contributed by atoms with Crippen molar-refractivity contribution >= 4 is 0 Å². The van der Waals surface area contributed by atoms with Crippen molar-refractivity contribution in [3.63, 3.8) is 0 Å². The van der Waals surface area contributed by atoms with E-state index in [0.29, 0.717) is 0 Å². The van der Waals surface area contributed by atoms with Crippen LogP contribution in [0.2, 0.25) is 0 Å². The number of halogens is 3. The normalized spacial score (nSPS) is 9.62. The first kappa shape index (κ1) is 11.2. The van der Waals surface area contributed by atoms with Gasteiger partial charge in [0.2, 0.25) is 0 Å². The first-order chi connectivity index (χ1) is 6.08. The summed E-state index contributed by atoms with van der Waals surface area (Å²) in [6, 6.07) is 7.05. The minimum absolute atomic E-state index is 0.194. The molecule has 13 heavy (non-hydrogen) atoms. The lowest BCUT2D eigenvalue weighted by Gasteiger charge is -2.07. The molecule has 1 rings (SSSR count). The molecular formula is C7H5F3N2O. The quantitative estimate of drug-likeness (QED) is 0.639. The van der Waals surface area contributed by atoms with Gasteiger partial charge in [-0.25, -0.2) is 0 Å². The van der Waals surface area contributed by atoms with Gasteiger partial charge in [-0.1, -0.05) is 18.2 Å². The van der Waals surface area contributed by atoms with Gasteiger partial charge in [0, 0.05) is 10.8 Å². The van der Waals surface area contributed by atoms with Gasteiger partial charge in [0.05, 0.1) is 0 Å². The SMILES string of the molecule is FC(F)(F)Oc1ccccc1.N#N. The van der Waals surface area contributed by atoms with Crippen LogP contribution in [0.5, 0.6) is 5.75 Å². The summed E-state index contributed by atoms with van der Waals surface area (Å²) < 4.78 is 38.2. The predicted molar refractivity (Wildman–Crippen MR) is 36.6 cm³/mol. The molecule has 0 spiro atoms. The molecule has 0 fully saturated rings. The summed E-state index contributed by atoms with van der Waals surface area (Å²) in [5.41, 5.74) is 0. The Morgan fingerprint density at radius 1 is 1.00 bits per heavy atom. The Bertz CT molecular complexity index is 257. The molecule has 0 bridgehead atoms. The van der Waals surface area contributed by atoms with Crippen LogP contribution in [0.3, 0.4) is 0 Å². The number of ether oxygens (including phenoxy) is 1. The third-order valence-corrected chi connectivity index (χ3v) is 0.977. The minimum atomic E-state index is -4.60. The van der Waals surface area contributed by atoms with Crippen LogP contribution in [-0.4, -0.2) is 6.36 Å². The molecule has 0 heterocycles. The van der Waals surface area contributed by atoms with Crippen LogP contribution in [0.15, 0.2) is 30.3 Å². The third-order valence-electron chi connectivity index (χ3n) is 0.977. The van der Waals surface area contributed by atoms with Crippen molar-refractivity contribution in [2.45, 2.75) is 6.36 Å². The minimum Gasteiger partial charge on any atom is -0.406 e. The number of benzene rings is 1. The van der Waals surface area contributed by atoms with E-state index in [1.807, 2.05) is 0 Å². The van der Waals surface area contributed by atoms with E-state index in [0.717, 1.165) is 0 Å². The molecule has 0 amide bonds. The topological polar surface area (TPSA) is 56.8 Å². The Balaban J connectivity index is 0.000000671. The highest BCUT2D eigenvalue weighted by molar-refractivity contribution is 5.20. The van der Waals surface area contributed by atoms with Crippen molar-refractivity contribution in [1.29, 1.82) is 10.8 Å². The van der Waals surface area contributed by atoms with E-state index in [1.54, 1.807) is 6.07 Å². The molecule has 0 aromatic heterocycles. The standard InChI is InChI=1S/C7H5F3O.N2/c8-7(9,10)11-6-4-2-1-3-5-6;1-2/h1-5H;. The number of hydrogen-bond donors (Lipinski definition) is 0. The maximum Gasteiger partial charge on any atom is 0.573 e. The molecule has 0 saturated heterocycles. The molecule has 0 radical (unpaired) electrons. The average molecular weight is 190 g/mol. The van der Waals surface area contributed by atoms with Gasteiger partial charge in [-0.15, -0.1) is 13.2 Å². The van der Waals surface area contributed by atoms with Gasteiger partial charge < -0.3 is 4.74 Å². The monoisotopic (exact) mass is 190 g/mol. The van der Waals surface area contributed by atoms with Gasteiger partial charge >= 0.3 is 6.36 Å². The molecule has 0 saturated carbocycles. The maximum atomic E-state index is 11.5. The number of alkyl halides is 3. The van der Waals surface area contributed by atoms with Crippen molar-refractivity contribution in [2.75, 3.05) is 0 Å². The van der Waals surface area contributed by atoms with E-state index in [4.69, 9.17) is 10.8 Å². The summed E-state index contributed by atoms with van der Waals surface area (Å²) in [6.45, 7) is 0. The second kappa shape index (κ2) is 4.98. The Morgan fingerprint density at radius 2 is 1.46 bits per heavy atom. The van der Waals surface area contributed by atoms with E-state index >= 15 is 0 Å². The molecule has 0 aliphatic rings. The summed E-state index contributed by atoms with van der Waals surface area (Å²) in [5, 5.41) is 12.0. The van der Waals surface area contributed by atoms with Crippen molar-refractivity contribution < 1.29 is 17.9 Å². The van der Waals surface area contributed by atoms with Crippen LogP contribution < -0.4 is 4.74 Å². The maximum absolute atomic E-state index is 11.5. The molecular weight excluding hydrogens is 185 g/mol. The molecule has 70 valence electrons. The summed E-state index contributed by atoms with van der Waals surface area (Å²) in [5.74, 6) is -0.194. The first-order valence-electron chi connectivity index (χ1n) is 3.09. The first-order valence-corrected chi connectivity index (χ1v) is 3.09. The van der Waals surface area contributed by atoms with Crippen molar-refractivity contribution in [2.24, 2.45) is 0 Å². The second-order valence-corrected chi connectivity index (χ2v) is 1.86. The van der Waals surface area contributed by atoms with Crippen LogP contribution in [0, 0.1) is 10.8 Å². The van der Waals surface area contributed by atoms with Crippen molar-refractivity contribution in [3.05, 3.63) is 30.3 Å². The lowest BCUT2D eigenvalue weighted by atomic mass is 10.3. The van der Waals surface area contributed by atoms with Crippen LogP contribution in [0.1, 0.15) is 0 Å². The van der Waals surface area contributed by atoms with Gasteiger partial charge in [0.15, 0.2) is 0 Å². The molecule has 1 aromatic carbocycles. The van der Waals surface area contributed by atoms with Gasteiger partial charge in [-0.05, 0) is 12.1 Å². The van der Waals surface area contributed by atoms with E-state index in [2.05, 4.69) is 4.74 Å². The largest absolute Gasteiger partial charge is 0.573 e. The molecule has 0 aliphatic heterocycles. The van der Waals surface area contributed by atoms with Crippen molar-refractivity contribution in [1.82, 2.24) is 0 Å². The van der Waals surface area contributed by atoms with E-state index in [-0.39, 0.29) is 5.75 Å². The molecule has 1 aromatic rings. The fraction of sp³-hybridized carbons (Fsp3) is 0.143. The molecule has 0 N–H and O–H groups in total. The van der Waals surface area contributed by atoms with Gasteiger partial charge in [0.1, 0.15) is 5.75 Å². The zero-order chi connectivity index (χ0) is 10.3. The smallest absolute Gasteiger partial charge is 0.406 e. The van der Waals surface area contributed by atoms with Crippen LogP contribution in [-0.2, 0) is 0 Å². The Labute approximate surface area is 72.2 Å². The highest BCUT2D eigenvalue weighted by Crippen LogP contribution is 2.21. The fourth-order valence-electron chi connectivity index (χ4n) is 0.622. The fourth-order valence-corrected chi connectivity index (χ4v) is 0.622. The molecule has 6 heteroatoms. The highest BCUT2D eigenvalue weighted by atomic mass is 19.4. The third kappa shape index (κ3) is 5.49. The Morgan fingerprint density at radius 3 is 1.85 bits per heavy atom. The summed E-state index contributed by atoms with van der Waals surface area (Å²) in [6.07, 6.45) is -4.60. The Hall–Kier alpha value is -1.77. The van der Waals surface area contributed by atoms with E-state index in [9.17, 15) is 13.2 Å².